The molecule has 0 heterocycles. The van der Waals surface area contributed by atoms with Crippen molar-refractivity contribution in [3.8, 4) is 11.5 Å². The number of carbonyl (C=O) groups is 3. The molecule has 2 aromatic rings. The molecule has 0 fully saturated rings. The first-order valence-corrected chi connectivity index (χ1v) is 12.8. The number of benzene rings is 2. The quantitative estimate of drug-likeness (QED) is 0.347. The van der Waals surface area contributed by atoms with Gasteiger partial charge in [-0.3, -0.25) is 9.59 Å². The van der Waals surface area contributed by atoms with E-state index in [1.165, 1.54) is 29.2 Å². The summed E-state index contributed by atoms with van der Waals surface area (Å²) in [6.07, 6.45) is 0.802. The maximum absolute atomic E-state index is 14.2. The second-order valence-electron chi connectivity index (χ2n) is 11.5. The average molecular weight is 540 g/mol. The number of aryl methyl sites for hydroxylation is 1. The van der Waals surface area contributed by atoms with Gasteiger partial charge in [0.2, 0.25) is 11.8 Å². The van der Waals surface area contributed by atoms with Crippen LogP contribution in [0.1, 0.15) is 64.3 Å². The summed E-state index contributed by atoms with van der Waals surface area (Å²) in [5, 5.41) is 25.4. The van der Waals surface area contributed by atoms with Gasteiger partial charge in [-0.05, 0) is 89.4 Å². The Labute approximate surface area is 230 Å². The zero-order valence-electron chi connectivity index (χ0n) is 23.9. The van der Waals surface area contributed by atoms with E-state index in [-0.39, 0.29) is 24.5 Å². The van der Waals surface area contributed by atoms with Gasteiger partial charge < -0.3 is 30.5 Å². The molecule has 9 nitrogen and oxygen atoms in total. The number of nitrogens with one attached hydrogen (secondary N) is 2. The van der Waals surface area contributed by atoms with E-state index in [0.717, 1.165) is 0 Å². The number of nitrogens with zero attached hydrogens (tertiary/aromatic N) is 1. The van der Waals surface area contributed by atoms with Crippen molar-refractivity contribution in [2.45, 2.75) is 78.1 Å². The summed E-state index contributed by atoms with van der Waals surface area (Å²) in [6.45, 7) is 16.1. The third kappa shape index (κ3) is 9.67. The first-order chi connectivity index (χ1) is 18.0. The van der Waals surface area contributed by atoms with Gasteiger partial charge in [0.05, 0.1) is 0 Å². The molecule has 2 atom stereocenters. The lowest BCUT2D eigenvalue weighted by Gasteiger charge is -2.35. The van der Waals surface area contributed by atoms with Crippen molar-refractivity contribution in [3.05, 3.63) is 71.8 Å². The van der Waals surface area contributed by atoms with E-state index in [9.17, 15) is 24.6 Å². The number of ether oxygens (including phenoxy) is 1. The SMILES string of the molecule is C=CCN(C(=O)C(Cc1ccc(O)cc1)NC(=O)OC(C)(C)C)C(C(=O)NC(C)(C)C)c1ccc(O)c(C)c1. The zero-order valence-corrected chi connectivity index (χ0v) is 23.9. The number of amides is 3. The molecule has 0 spiro atoms. The Hall–Kier alpha value is -4.01. The summed E-state index contributed by atoms with van der Waals surface area (Å²) in [4.78, 5) is 42.0. The monoisotopic (exact) mass is 539 g/mol. The fourth-order valence-electron chi connectivity index (χ4n) is 3.94. The van der Waals surface area contributed by atoms with Crippen LogP contribution in [-0.4, -0.2) is 56.7 Å². The van der Waals surface area contributed by atoms with E-state index in [2.05, 4.69) is 17.2 Å². The van der Waals surface area contributed by atoms with E-state index in [0.29, 0.717) is 16.7 Å². The molecule has 4 N–H and O–H groups in total. The third-order valence-corrected chi connectivity index (χ3v) is 5.57. The largest absolute Gasteiger partial charge is 0.508 e. The number of phenols is 2. The van der Waals surface area contributed by atoms with Crippen LogP contribution in [0.25, 0.3) is 0 Å². The van der Waals surface area contributed by atoms with E-state index >= 15 is 0 Å². The van der Waals surface area contributed by atoms with Gasteiger partial charge in [0.1, 0.15) is 29.2 Å². The van der Waals surface area contributed by atoms with Crippen LogP contribution in [0.2, 0.25) is 0 Å². The molecule has 0 aliphatic heterocycles. The molecule has 2 unspecified atom stereocenters. The Morgan fingerprint density at radius 1 is 1.03 bits per heavy atom. The van der Waals surface area contributed by atoms with Crippen molar-refractivity contribution < 1.29 is 29.3 Å². The fourth-order valence-corrected chi connectivity index (χ4v) is 3.94. The third-order valence-electron chi connectivity index (χ3n) is 5.57. The predicted octanol–water partition coefficient (Wildman–Crippen LogP) is 4.51. The van der Waals surface area contributed by atoms with E-state index < -0.39 is 41.1 Å². The van der Waals surface area contributed by atoms with Gasteiger partial charge in [-0.25, -0.2) is 4.79 Å². The summed E-state index contributed by atoms with van der Waals surface area (Å²) >= 11 is 0. The number of rotatable bonds is 9. The van der Waals surface area contributed by atoms with Crippen LogP contribution in [0.4, 0.5) is 4.79 Å². The van der Waals surface area contributed by atoms with E-state index in [1.54, 1.807) is 52.0 Å². The van der Waals surface area contributed by atoms with Crippen LogP contribution < -0.4 is 10.6 Å². The Morgan fingerprint density at radius 3 is 2.15 bits per heavy atom. The summed E-state index contributed by atoms with van der Waals surface area (Å²) in [5.41, 5.74) is 0.319. The molecule has 0 aromatic heterocycles. The second-order valence-corrected chi connectivity index (χ2v) is 11.5. The fraction of sp³-hybridized carbons (Fsp3) is 0.433. The highest BCUT2D eigenvalue weighted by Gasteiger charge is 2.37. The number of carbonyl (C=O) groups excluding carboxylic acids is 3. The van der Waals surface area contributed by atoms with Crippen LogP contribution in [-0.2, 0) is 20.7 Å². The van der Waals surface area contributed by atoms with Crippen LogP contribution in [0.3, 0.4) is 0 Å². The summed E-state index contributed by atoms with van der Waals surface area (Å²) in [6, 6.07) is 8.82. The molecular formula is C30H41N3O6. The Bertz CT molecular complexity index is 1180. The van der Waals surface area contributed by atoms with Crippen molar-refractivity contribution in [3.63, 3.8) is 0 Å². The lowest BCUT2D eigenvalue weighted by Crippen LogP contribution is -2.55. The maximum Gasteiger partial charge on any atom is 0.408 e. The van der Waals surface area contributed by atoms with Crippen LogP contribution >= 0.6 is 0 Å². The Morgan fingerprint density at radius 2 is 1.64 bits per heavy atom. The molecule has 212 valence electrons. The smallest absolute Gasteiger partial charge is 0.408 e. The minimum Gasteiger partial charge on any atom is -0.508 e. The van der Waals surface area contributed by atoms with Crippen molar-refractivity contribution >= 4 is 17.9 Å². The molecule has 0 bridgehead atoms. The Balaban J connectivity index is 2.58. The summed E-state index contributed by atoms with van der Waals surface area (Å²) < 4.78 is 5.41. The number of alkyl carbamates (subject to hydrolysis) is 1. The number of phenolic OH excluding ortho intramolecular Hbond substituents is 2. The van der Waals surface area contributed by atoms with Gasteiger partial charge in [0, 0.05) is 18.5 Å². The Kier molecular flexibility index (Phi) is 10.2. The predicted molar refractivity (Wildman–Crippen MR) is 150 cm³/mol. The van der Waals surface area contributed by atoms with Crippen molar-refractivity contribution in [2.24, 2.45) is 0 Å². The molecule has 0 aliphatic carbocycles. The lowest BCUT2D eigenvalue weighted by atomic mass is 9.97. The molecule has 0 saturated carbocycles. The van der Waals surface area contributed by atoms with Gasteiger partial charge in [-0.15, -0.1) is 6.58 Å². The number of hydrogen-bond acceptors (Lipinski definition) is 6. The molecule has 0 radical (unpaired) electrons. The summed E-state index contributed by atoms with van der Waals surface area (Å²) in [7, 11) is 0. The van der Waals surface area contributed by atoms with Gasteiger partial charge in [-0.2, -0.15) is 0 Å². The second kappa shape index (κ2) is 12.7. The molecule has 2 rings (SSSR count). The molecule has 39 heavy (non-hydrogen) atoms. The van der Waals surface area contributed by atoms with Crippen molar-refractivity contribution in [1.82, 2.24) is 15.5 Å². The summed E-state index contributed by atoms with van der Waals surface area (Å²) in [5.74, 6) is -0.833. The zero-order chi connectivity index (χ0) is 29.5. The molecule has 0 saturated heterocycles. The van der Waals surface area contributed by atoms with Crippen LogP contribution in [0.15, 0.2) is 55.1 Å². The van der Waals surface area contributed by atoms with Crippen LogP contribution in [0.5, 0.6) is 11.5 Å². The van der Waals surface area contributed by atoms with Gasteiger partial charge in [0.25, 0.3) is 0 Å². The first-order valence-electron chi connectivity index (χ1n) is 12.8. The van der Waals surface area contributed by atoms with Crippen molar-refractivity contribution in [2.75, 3.05) is 6.54 Å². The highest BCUT2D eigenvalue weighted by Crippen LogP contribution is 2.28. The molecular weight excluding hydrogens is 498 g/mol. The highest BCUT2D eigenvalue weighted by atomic mass is 16.6. The van der Waals surface area contributed by atoms with Crippen LogP contribution in [0, 0.1) is 6.92 Å². The van der Waals surface area contributed by atoms with E-state index in [1.807, 2.05) is 20.8 Å². The molecule has 9 heteroatoms. The number of hydrogen-bond donors (Lipinski definition) is 4. The van der Waals surface area contributed by atoms with Gasteiger partial charge in [-0.1, -0.05) is 24.3 Å². The minimum atomic E-state index is -1.10. The first kappa shape index (κ1) is 31.2. The van der Waals surface area contributed by atoms with Crippen molar-refractivity contribution in [1.29, 1.82) is 0 Å². The van der Waals surface area contributed by atoms with Gasteiger partial charge in [0.15, 0.2) is 0 Å². The van der Waals surface area contributed by atoms with Gasteiger partial charge >= 0.3 is 6.09 Å². The molecule has 2 aromatic carbocycles. The lowest BCUT2D eigenvalue weighted by molar-refractivity contribution is -0.142. The minimum absolute atomic E-state index is 0.00304. The van der Waals surface area contributed by atoms with E-state index in [4.69, 9.17) is 4.74 Å². The molecule has 3 amide bonds. The standard InChI is InChI=1S/C30H41N3O6/c1-9-16-33(25(26(36)32-29(3,4)5)21-12-15-24(35)19(2)17-21)27(37)23(31-28(38)39-30(6,7)8)18-20-10-13-22(34)14-11-20/h9-15,17,23,25,34-35H,1,16,18H2,2-8H3,(H,31,38)(H,32,36). The highest BCUT2D eigenvalue weighted by molar-refractivity contribution is 5.92. The topological polar surface area (TPSA) is 128 Å². The number of aromatic hydroxyl groups is 2. The molecule has 0 aliphatic rings. The maximum atomic E-state index is 14.2. The normalized spacial score (nSPS) is 13.1. The average Bonchev–Trinajstić information content (AvgIpc) is 2.79.